The van der Waals surface area contributed by atoms with Crippen molar-refractivity contribution >= 4 is 34.7 Å². The van der Waals surface area contributed by atoms with Gasteiger partial charge in [-0.2, -0.15) is 0 Å². The molecule has 0 amide bonds. The van der Waals surface area contributed by atoms with Crippen LogP contribution in [-0.2, 0) is 19.4 Å². The molecule has 1 aromatic heterocycles. The Morgan fingerprint density at radius 3 is 2.94 bits per heavy atom. The molecule has 0 saturated heterocycles. The zero-order chi connectivity index (χ0) is 12.5. The van der Waals surface area contributed by atoms with Crippen molar-refractivity contribution in [1.82, 2.24) is 4.98 Å². The number of nitrogens with zero attached hydrogens (tertiary/aromatic N) is 1. The van der Waals surface area contributed by atoms with Crippen LogP contribution < -0.4 is 0 Å². The predicted molar refractivity (Wildman–Crippen MR) is 75.6 cm³/mol. The van der Waals surface area contributed by atoms with E-state index in [0.29, 0.717) is 5.15 Å². The highest BCUT2D eigenvalue weighted by molar-refractivity contribution is 8.01. The second-order valence-electron chi connectivity index (χ2n) is 4.24. The third-order valence-electron chi connectivity index (χ3n) is 3.05. The molecule has 3 rings (SSSR count). The van der Waals surface area contributed by atoms with Gasteiger partial charge in [-0.15, -0.1) is 11.3 Å². The molecule has 0 aliphatic heterocycles. The summed E-state index contributed by atoms with van der Waals surface area (Å²) in [7, 11) is 0. The van der Waals surface area contributed by atoms with Crippen molar-refractivity contribution in [3.05, 3.63) is 39.4 Å². The number of fused-ring (bicyclic) bond motifs is 1. The van der Waals surface area contributed by atoms with E-state index in [1.807, 2.05) is 0 Å². The van der Waals surface area contributed by atoms with E-state index < -0.39 is 0 Å². The van der Waals surface area contributed by atoms with Crippen LogP contribution in [0.5, 0.6) is 0 Å². The van der Waals surface area contributed by atoms with Crippen LogP contribution in [0, 0.1) is 0 Å². The Hall–Kier alpha value is -0.550. The van der Waals surface area contributed by atoms with E-state index >= 15 is 0 Å². The van der Waals surface area contributed by atoms with E-state index in [2.05, 4.69) is 23.2 Å². The molecule has 0 radical (unpaired) electrons. The van der Waals surface area contributed by atoms with Crippen LogP contribution >= 0.6 is 34.7 Å². The molecule has 0 spiro atoms. The minimum Gasteiger partial charge on any atom is -0.391 e. The summed E-state index contributed by atoms with van der Waals surface area (Å²) in [4.78, 5) is 6.19. The molecule has 0 saturated carbocycles. The number of aromatic nitrogens is 1. The van der Waals surface area contributed by atoms with Gasteiger partial charge in [0.25, 0.3) is 0 Å². The van der Waals surface area contributed by atoms with Crippen molar-refractivity contribution in [1.29, 1.82) is 0 Å². The monoisotopic (exact) mass is 297 g/mol. The van der Waals surface area contributed by atoms with Crippen LogP contribution in [0.1, 0.15) is 22.4 Å². The van der Waals surface area contributed by atoms with Crippen molar-refractivity contribution in [3.8, 4) is 0 Å². The minimum absolute atomic E-state index is 0.0404. The Morgan fingerprint density at radius 2 is 2.17 bits per heavy atom. The number of aliphatic hydroxyl groups is 1. The molecule has 2 aromatic rings. The number of thiazole rings is 1. The molecule has 1 heterocycles. The smallest absolute Gasteiger partial charge is 0.156 e. The first-order valence-electron chi connectivity index (χ1n) is 5.82. The molecule has 0 unspecified atom stereocenters. The van der Waals surface area contributed by atoms with Gasteiger partial charge in [0.2, 0.25) is 0 Å². The maximum Gasteiger partial charge on any atom is 0.156 e. The van der Waals surface area contributed by atoms with E-state index in [1.54, 1.807) is 11.8 Å². The van der Waals surface area contributed by atoms with E-state index in [-0.39, 0.29) is 6.61 Å². The van der Waals surface area contributed by atoms with E-state index in [9.17, 15) is 0 Å². The summed E-state index contributed by atoms with van der Waals surface area (Å²) in [5.74, 6) is 0. The van der Waals surface area contributed by atoms with Crippen LogP contribution in [-0.4, -0.2) is 10.1 Å². The highest BCUT2D eigenvalue weighted by atomic mass is 35.5. The predicted octanol–water partition coefficient (Wildman–Crippen LogP) is 3.93. The zero-order valence-corrected chi connectivity index (χ0v) is 12.0. The molecule has 1 N–H and O–H groups in total. The topological polar surface area (TPSA) is 33.1 Å². The van der Waals surface area contributed by atoms with E-state index in [4.69, 9.17) is 16.7 Å². The molecule has 0 fully saturated rings. The number of aliphatic hydroxyl groups excluding tert-OH is 1. The molecule has 2 nitrogen and oxygen atoms in total. The van der Waals surface area contributed by atoms with Crippen LogP contribution in [0.25, 0.3) is 0 Å². The lowest BCUT2D eigenvalue weighted by molar-refractivity contribution is 0.285. The maximum atomic E-state index is 9.10. The number of benzene rings is 1. The Balaban J connectivity index is 1.83. The molecule has 1 aromatic carbocycles. The normalized spacial score (nSPS) is 13.9. The second-order valence-corrected chi connectivity index (χ2v) is 7.00. The van der Waals surface area contributed by atoms with Crippen LogP contribution in [0.2, 0.25) is 5.15 Å². The summed E-state index contributed by atoms with van der Waals surface area (Å²) < 4.78 is 0.891. The average Bonchev–Trinajstić information content (AvgIpc) is 2.95. The van der Waals surface area contributed by atoms with E-state index in [1.165, 1.54) is 46.6 Å². The van der Waals surface area contributed by atoms with Gasteiger partial charge in [0.15, 0.2) is 4.34 Å². The van der Waals surface area contributed by atoms with Crippen molar-refractivity contribution in [2.45, 2.75) is 35.1 Å². The van der Waals surface area contributed by atoms with Crippen molar-refractivity contribution < 1.29 is 5.11 Å². The first-order valence-corrected chi connectivity index (χ1v) is 7.83. The number of halogens is 1. The summed E-state index contributed by atoms with van der Waals surface area (Å²) >= 11 is 9.00. The lowest BCUT2D eigenvalue weighted by atomic mass is 10.1. The van der Waals surface area contributed by atoms with Crippen LogP contribution in [0.3, 0.4) is 0 Å². The SMILES string of the molecule is OCc1sc(Sc2ccc3c(c2)CCC3)nc1Cl. The fraction of sp³-hybridized carbons (Fsp3) is 0.308. The van der Waals surface area contributed by atoms with Crippen molar-refractivity contribution in [3.63, 3.8) is 0 Å². The first kappa shape index (κ1) is 12.5. The Bertz CT molecular complexity index is 582. The molecular weight excluding hydrogens is 286 g/mol. The Labute approximate surface area is 119 Å². The molecule has 94 valence electrons. The average molecular weight is 298 g/mol. The maximum absolute atomic E-state index is 9.10. The van der Waals surface area contributed by atoms with Crippen LogP contribution in [0.15, 0.2) is 27.4 Å². The Kier molecular flexibility index (Phi) is 3.61. The zero-order valence-electron chi connectivity index (χ0n) is 9.65. The third-order valence-corrected chi connectivity index (χ3v) is 5.56. The van der Waals surface area contributed by atoms with Crippen LogP contribution in [0.4, 0.5) is 0 Å². The van der Waals surface area contributed by atoms with Gasteiger partial charge in [0.1, 0.15) is 5.15 Å². The molecule has 1 aliphatic rings. The van der Waals surface area contributed by atoms with Crippen molar-refractivity contribution in [2.24, 2.45) is 0 Å². The molecule has 1 aliphatic carbocycles. The summed E-state index contributed by atoms with van der Waals surface area (Å²) in [6.07, 6.45) is 3.66. The number of aryl methyl sites for hydroxylation is 2. The van der Waals surface area contributed by atoms with Gasteiger partial charge in [-0.1, -0.05) is 29.4 Å². The highest BCUT2D eigenvalue weighted by Gasteiger charge is 2.13. The fourth-order valence-electron chi connectivity index (χ4n) is 2.17. The summed E-state index contributed by atoms with van der Waals surface area (Å²) in [5.41, 5.74) is 2.94. The van der Waals surface area contributed by atoms with Gasteiger partial charge in [-0.05, 0) is 42.5 Å². The lowest BCUT2D eigenvalue weighted by Gasteiger charge is -2.02. The first-order chi connectivity index (χ1) is 8.76. The number of hydrogen-bond donors (Lipinski definition) is 1. The van der Waals surface area contributed by atoms with Gasteiger partial charge in [-0.25, -0.2) is 4.98 Å². The van der Waals surface area contributed by atoms with Gasteiger partial charge in [0.05, 0.1) is 11.5 Å². The summed E-state index contributed by atoms with van der Waals surface area (Å²) in [6, 6.07) is 6.61. The quantitative estimate of drug-likeness (QED) is 0.932. The molecule has 18 heavy (non-hydrogen) atoms. The molecule has 5 heteroatoms. The molecular formula is C13H12ClNOS2. The van der Waals surface area contributed by atoms with Gasteiger partial charge < -0.3 is 5.11 Å². The van der Waals surface area contributed by atoms with Gasteiger partial charge >= 0.3 is 0 Å². The third kappa shape index (κ3) is 2.43. The van der Waals surface area contributed by atoms with Crippen molar-refractivity contribution in [2.75, 3.05) is 0 Å². The number of rotatable bonds is 3. The lowest BCUT2D eigenvalue weighted by Crippen LogP contribution is -1.82. The highest BCUT2D eigenvalue weighted by Crippen LogP contribution is 2.36. The number of hydrogen-bond acceptors (Lipinski definition) is 4. The minimum atomic E-state index is -0.0404. The molecule has 0 atom stereocenters. The van der Waals surface area contributed by atoms with E-state index in [0.717, 1.165) is 9.22 Å². The standard InChI is InChI=1S/C13H12ClNOS2/c14-12-11(7-16)18-13(15-12)17-10-5-4-8-2-1-3-9(8)6-10/h4-6,16H,1-3,7H2. The van der Waals surface area contributed by atoms with Gasteiger partial charge in [0, 0.05) is 4.90 Å². The molecule has 0 bridgehead atoms. The van der Waals surface area contributed by atoms with Gasteiger partial charge in [-0.3, -0.25) is 0 Å². The summed E-state index contributed by atoms with van der Waals surface area (Å²) in [6.45, 7) is -0.0404. The Morgan fingerprint density at radius 1 is 1.33 bits per heavy atom. The summed E-state index contributed by atoms with van der Waals surface area (Å²) in [5, 5.41) is 9.52. The fourth-order valence-corrected chi connectivity index (χ4v) is 4.50. The largest absolute Gasteiger partial charge is 0.391 e. The second kappa shape index (κ2) is 5.21.